The van der Waals surface area contributed by atoms with Crippen molar-refractivity contribution in [1.82, 2.24) is 9.97 Å². The lowest BCUT2D eigenvalue weighted by molar-refractivity contribution is -0.113. The van der Waals surface area contributed by atoms with Gasteiger partial charge in [0.15, 0.2) is 5.16 Å². The van der Waals surface area contributed by atoms with Gasteiger partial charge in [-0.25, -0.2) is 14.6 Å². The molecule has 0 saturated heterocycles. The highest BCUT2D eigenvalue weighted by Crippen LogP contribution is 2.21. The molecule has 0 atom stereocenters. The number of H-pyrrole nitrogens is 1. The third-order valence-corrected chi connectivity index (χ3v) is 4.92. The monoisotopic (exact) mass is 427 g/mol. The fraction of sp³-hybridized carbons (Fsp3) is 0.150. The van der Waals surface area contributed by atoms with Crippen LogP contribution in [0.2, 0.25) is 0 Å². The summed E-state index contributed by atoms with van der Waals surface area (Å²) in [6, 6.07) is 11.0. The average Bonchev–Trinajstić information content (AvgIpc) is 2.76. The van der Waals surface area contributed by atoms with Crippen LogP contribution in [0.25, 0.3) is 10.9 Å². The molecule has 0 bridgehead atoms. The fourth-order valence-electron chi connectivity index (χ4n) is 2.63. The molecule has 1 heterocycles. The number of carbonyl (C=O) groups is 3. The van der Waals surface area contributed by atoms with Crippen molar-refractivity contribution in [2.24, 2.45) is 0 Å². The molecule has 10 heteroatoms. The van der Waals surface area contributed by atoms with Crippen LogP contribution in [0.5, 0.6) is 0 Å². The van der Waals surface area contributed by atoms with Gasteiger partial charge in [0.2, 0.25) is 5.91 Å². The first-order valence-corrected chi connectivity index (χ1v) is 9.64. The topological polar surface area (TPSA) is 127 Å². The molecule has 9 nitrogen and oxygen atoms in total. The number of esters is 2. The summed E-state index contributed by atoms with van der Waals surface area (Å²) in [5, 5.41) is 3.31. The highest BCUT2D eigenvalue weighted by Gasteiger charge is 2.17. The number of hydrogen-bond donors (Lipinski definition) is 2. The minimum absolute atomic E-state index is 0.0840. The molecular formula is C20H17N3O6S. The number of anilines is 1. The second kappa shape index (κ2) is 9.23. The first kappa shape index (κ1) is 21.1. The second-order valence-corrected chi connectivity index (χ2v) is 6.93. The van der Waals surface area contributed by atoms with Crippen molar-refractivity contribution >= 4 is 46.2 Å². The highest BCUT2D eigenvalue weighted by atomic mass is 32.2. The molecule has 0 unspecified atom stereocenters. The average molecular weight is 427 g/mol. The van der Waals surface area contributed by atoms with Crippen molar-refractivity contribution in [2.45, 2.75) is 5.16 Å². The normalized spacial score (nSPS) is 10.5. The van der Waals surface area contributed by atoms with E-state index in [4.69, 9.17) is 4.74 Å². The zero-order valence-electron chi connectivity index (χ0n) is 16.1. The number of methoxy groups -OCH3 is 2. The maximum atomic E-state index is 12.4. The summed E-state index contributed by atoms with van der Waals surface area (Å²) in [5.74, 6) is -1.85. The lowest BCUT2D eigenvalue weighted by Gasteiger charge is -2.11. The van der Waals surface area contributed by atoms with Gasteiger partial charge < -0.3 is 19.8 Å². The van der Waals surface area contributed by atoms with E-state index in [0.717, 1.165) is 11.8 Å². The van der Waals surface area contributed by atoms with E-state index in [-0.39, 0.29) is 33.3 Å². The third-order valence-electron chi connectivity index (χ3n) is 4.05. The maximum absolute atomic E-state index is 12.4. The number of thioether (sulfide) groups is 1. The standard InChI is InChI=1S/C20H17N3O6S/c1-28-18(26)11-7-8-13(19(27)29-2)15(9-11)21-16(24)10-30-20-22-14-6-4-3-5-12(14)17(25)23-20/h3-9H,10H2,1-2H3,(H,21,24)(H,22,23,25). The van der Waals surface area contributed by atoms with Crippen LogP contribution in [0.4, 0.5) is 5.69 Å². The van der Waals surface area contributed by atoms with Crippen LogP contribution in [0, 0.1) is 0 Å². The van der Waals surface area contributed by atoms with Crippen molar-refractivity contribution in [3.63, 3.8) is 0 Å². The third kappa shape index (κ3) is 4.66. The molecule has 30 heavy (non-hydrogen) atoms. The van der Waals surface area contributed by atoms with E-state index in [1.54, 1.807) is 24.3 Å². The molecular weight excluding hydrogens is 410 g/mol. The molecule has 1 aromatic heterocycles. The van der Waals surface area contributed by atoms with Crippen molar-refractivity contribution in [3.05, 3.63) is 63.9 Å². The van der Waals surface area contributed by atoms with Gasteiger partial charge in [0.1, 0.15) is 0 Å². The molecule has 2 aromatic carbocycles. The summed E-state index contributed by atoms with van der Waals surface area (Å²) in [5.41, 5.74) is 0.565. The van der Waals surface area contributed by atoms with E-state index in [2.05, 4.69) is 20.0 Å². The van der Waals surface area contributed by atoms with Gasteiger partial charge in [-0.3, -0.25) is 9.59 Å². The molecule has 3 rings (SSSR count). The van der Waals surface area contributed by atoms with Gasteiger partial charge in [0.05, 0.1) is 47.7 Å². The molecule has 3 aromatic rings. The van der Waals surface area contributed by atoms with Gasteiger partial charge >= 0.3 is 11.9 Å². The van der Waals surface area contributed by atoms with Crippen molar-refractivity contribution in [3.8, 4) is 0 Å². The number of ether oxygens (including phenoxy) is 2. The van der Waals surface area contributed by atoms with Crippen LogP contribution in [0.15, 0.2) is 52.4 Å². The Balaban J connectivity index is 1.77. The molecule has 0 spiro atoms. The summed E-state index contributed by atoms with van der Waals surface area (Å²) in [6.45, 7) is 0. The fourth-order valence-corrected chi connectivity index (χ4v) is 3.30. The minimum Gasteiger partial charge on any atom is -0.465 e. The second-order valence-electron chi connectivity index (χ2n) is 5.97. The van der Waals surface area contributed by atoms with Crippen LogP contribution >= 0.6 is 11.8 Å². The van der Waals surface area contributed by atoms with Gasteiger partial charge in [0, 0.05) is 0 Å². The summed E-state index contributed by atoms with van der Waals surface area (Å²) >= 11 is 1.03. The molecule has 2 N–H and O–H groups in total. The van der Waals surface area contributed by atoms with E-state index in [9.17, 15) is 19.2 Å². The number of rotatable bonds is 6. The molecule has 0 aliphatic carbocycles. The first-order valence-electron chi connectivity index (χ1n) is 8.65. The quantitative estimate of drug-likeness (QED) is 0.348. The predicted molar refractivity (Wildman–Crippen MR) is 111 cm³/mol. The lowest BCUT2D eigenvalue weighted by atomic mass is 10.1. The van der Waals surface area contributed by atoms with Gasteiger partial charge in [-0.1, -0.05) is 23.9 Å². The van der Waals surface area contributed by atoms with Gasteiger partial charge in [-0.15, -0.1) is 0 Å². The van der Waals surface area contributed by atoms with Crippen LogP contribution < -0.4 is 10.9 Å². The summed E-state index contributed by atoms with van der Waals surface area (Å²) < 4.78 is 9.37. The lowest BCUT2D eigenvalue weighted by Crippen LogP contribution is -2.18. The molecule has 154 valence electrons. The Morgan fingerprint density at radius 3 is 2.53 bits per heavy atom. The number of aromatic nitrogens is 2. The molecule has 0 aliphatic rings. The number of aromatic amines is 1. The van der Waals surface area contributed by atoms with E-state index in [0.29, 0.717) is 10.9 Å². The van der Waals surface area contributed by atoms with E-state index in [1.807, 2.05) is 0 Å². The number of benzene rings is 2. The Morgan fingerprint density at radius 1 is 1.07 bits per heavy atom. The number of hydrogen-bond acceptors (Lipinski definition) is 8. The number of nitrogens with one attached hydrogen (secondary N) is 2. The van der Waals surface area contributed by atoms with Crippen LogP contribution in [0.1, 0.15) is 20.7 Å². The first-order chi connectivity index (χ1) is 14.4. The smallest absolute Gasteiger partial charge is 0.339 e. The van der Waals surface area contributed by atoms with E-state index >= 15 is 0 Å². The minimum atomic E-state index is -0.671. The molecule has 0 aliphatic heterocycles. The molecule has 0 radical (unpaired) electrons. The highest BCUT2D eigenvalue weighted by molar-refractivity contribution is 7.99. The van der Waals surface area contributed by atoms with E-state index in [1.165, 1.54) is 32.4 Å². The number of nitrogens with zero attached hydrogens (tertiary/aromatic N) is 1. The van der Waals surface area contributed by atoms with Crippen LogP contribution in [0.3, 0.4) is 0 Å². The Morgan fingerprint density at radius 2 is 1.80 bits per heavy atom. The predicted octanol–water partition coefficient (Wildman–Crippen LogP) is 2.23. The SMILES string of the molecule is COC(=O)c1ccc(C(=O)OC)c(NC(=O)CSc2nc3ccccc3c(=O)[nH]2)c1. The van der Waals surface area contributed by atoms with Gasteiger partial charge in [-0.05, 0) is 30.3 Å². The molecule has 0 saturated carbocycles. The summed E-state index contributed by atoms with van der Waals surface area (Å²) in [7, 11) is 2.43. The Kier molecular flexibility index (Phi) is 6.48. The largest absolute Gasteiger partial charge is 0.465 e. The Hall–Kier alpha value is -3.66. The van der Waals surface area contributed by atoms with Gasteiger partial charge in [-0.2, -0.15) is 0 Å². The number of para-hydroxylation sites is 1. The summed E-state index contributed by atoms with van der Waals surface area (Å²) in [4.78, 5) is 55.2. The summed E-state index contributed by atoms with van der Waals surface area (Å²) in [6.07, 6.45) is 0. The number of fused-ring (bicyclic) bond motifs is 1. The number of amides is 1. The van der Waals surface area contributed by atoms with Crippen molar-refractivity contribution in [1.29, 1.82) is 0 Å². The van der Waals surface area contributed by atoms with Crippen LogP contribution in [-0.2, 0) is 14.3 Å². The molecule has 0 fully saturated rings. The zero-order valence-corrected chi connectivity index (χ0v) is 16.9. The Labute approximate surface area is 174 Å². The molecule has 1 amide bonds. The van der Waals surface area contributed by atoms with Crippen LogP contribution in [-0.4, -0.2) is 47.8 Å². The number of carbonyl (C=O) groups excluding carboxylic acids is 3. The maximum Gasteiger partial charge on any atom is 0.339 e. The van der Waals surface area contributed by atoms with Gasteiger partial charge in [0.25, 0.3) is 5.56 Å². The van der Waals surface area contributed by atoms with E-state index < -0.39 is 17.8 Å². The van der Waals surface area contributed by atoms with Crippen molar-refractivity contribution in [2.75, 3.05) is 25.3 Å². The Bertz CT molecular complexity index is 1190. The zero-order chi connectivity index (χ0) is 21.7. The van der Waals surface area contributed by atoms with Crippen molar-refractivity contribution < 1.29 is 23.9 Å².